The molecular weight excluding hydrogens is 224 g/mol. The van der Waals surface area contributed by atoms with E-state index < -0.39 is 0 Å². The van der Waals surface area contributed by atoms with E-state index >= 15 is 0 Å². The van der Waals surface area contributed by atoms with Gasteiger partial charge < -0.3 is 5.32 Å². The van der Waals surface area contributed by atoms with E-state index in [9.17, 15) is 4.79 Å². The fourth-order valence-electron chi connectivity index (χ4n) is 1.99. The number of carbonyl (C=O) groups is 1. The zero-order valence-electron chi connectivity index (χ0n) is 9.56. The Bertz CT molecular complexity index is 379. The Kier molecular flexibility index (Phi) is 3.50. The van der Waals surface area contributed by atoms with Crippen LogP contribution in [0, 0.1) is 12.8 Å². The Balaban J connectivity index is 1.87. The fraction of sp³-hybridized carbons (Fsp3) is 0.700. The predicted octanol–water partition coefficient (Wildman–Crippen LogP) is 0.414. The molecule has 0 radical (unpaired) electrons. The molecule has 6 heteroatoms. The minimum absolute atomic E-state index is 0.138. The van der Waals surface area contributed by atoms with E-state index in [1.54, 1.807) is 18.4 Å². The van der Waals surface area contributed by atoms with Crippen molar-refractivity contribution < 1.29 is 4.79 Å². The molecule has 0 bridgehead atoms. The van der Waals surface area contributed by atoms with Gasteiger partial charge in [-0.15, -0.1) is 21.5 Å². The molecule has 1 fully saturated rings. The molecule has 1 aromatic heterocycles. The van der Waals surface area contributed by atoms with Crippen molar-refractivity contribution in [2.75, 3.05) is 20.1 Å². The van der Waals surface area contributed by atoms with Crippen LogP contribution in [0.15, 0.2) is 0 Å². The molecule has 0 saturated carbocycles. The van der Waals surface area contributed by atoms with Gasteiger partial charge in [0.25, 0.3) is 0 Å². The molecule has 1 saturated heterocycles. The van der Waals surface area contributed by atoms with E-state index in [0.717, 1.165) is 36.1 Å². The van der Waals surface area contributed by atoms with Crippen molar-refractivity contribution in [3.8, 4) is 0 Å². The topological polar surface area (TPSA) is 58.1 Å². The van der Waals surface area contributed by atoms with Gasteiger partial charge in [-0.3, -0.25) is 9.69 Å². The highest BCUT2D eigenvalue weighted by Gasteiger charge is 2.27. The molecule has 88 valence electrons. The minimum atomic E-state index is 0.138. The monoisotopic (exact) mass is 240 g/mol. The average Bonchev–Trinajstić information content (AvgIpc) is 2.87. The lowest BCUT2D eigenvalue weighted by Gasteiger charge is -2.13. The van der Waals surface area contributed by atoms with Gasteiger partial charge >= 0.3 is 0 Å². The number of nitrogens with zero attached hydrogens (tertiary/aromatic N) is 3. The van der Waals surface area contributed by atoms with Crippen LogP contribution >= 0.6 is 11.3 Å². The summed E-state index contributed by atoms with van der Waals surface area (Å²) in [6.45, 7) is 4.58. The number of carbonyl (C=O) groups excluding carboxylic acids is 1. The first-order valence-electron chi connectivity index (χ1n) is 5.42. The first-order chi connectivity index (χ1) is 7.69. The van der Waals surface area contributed by atoms with Crippen LogP contribution in [0.2, 0.25) is 0 Å². The van der Waals surface area contributed by atoms with E-state index in [4.69, 9.17) is 0 Å². The number of hydrogen-bond acceptors (Lipinski definition) is 5. The van der Waals surface area contributed by atoms with Gasteiger partial charge in [0.1, 0.15) is 10.0 Å². The first-order valence-corrected chi connectivity index (χ1v) is 6.23. The molecule has 5 nitrogen and oxygen atoms in total. The van der Waals surface area contributed by atoms with Gasteiger partial charge in [-0.05, 0) is 19.9 Å². The van der Waals surface area contributed by atoms with Gasteiger partial charge in [-0.1, -0.05) is 0 Å². The number of aromatic nitrogens is 2. The van der Waals surface area contributed by atoms with Crippen molar-refractivity contribution in [3.05, 3.63) is 10.0 Å². The first kappa shape index (κ1) is 11.5. The lowest BCUT2D eigenvalue weighted by atomic mass is 10.1. The molecule has 2 heterocycles. The van der Waals surface area contributed by atoms with Crippen LogP contribution in [-0.2, 0) is 11.3 Å². The third-order valence-corrected chi connectivity index (χ3v) is 3.64. The van der Waals surface area contributed by atoms with E-state index in [1.165, 1.54) is 0 Å². The maximum Gasteiger partial charge on any atom is 0.224 e. The van der Waals surface area contributed by atoms with E-state index in [1.807, 2.05) is 6.92 Å². The molecule has 2 rings (SSSR count). The van der Waals surface area contributed by atoms with E-state index in [0.29, 0.717) is 0 Å². The molecule has 16 heavy (non-hydrogen) atoms. The van der Waals surface area contributed by atoms with Crippen LogP contribution < -0.4 is 5.32 Å². The Morgan fingerprint density at radius 1 is 1.62 bits per heavy atom. The molecule has 1 unspecified atom stereocenters. The number of hydrogen-bond donors (Lipinski definition) is 1. The second kappa shape index (κ2) is 4.88. The third kappa shape index (κ3) is 2.56. The summed E-state index contributed by atoms with van der Waals surface area (Å²) in [7, 11) is 1.69. The van der Waals surface area contributed by atoms with Crippen LogP contribution in [0.3, 0.4) is 0 Å². The molecule has 1 amide bonds. The van der Waals surface area contributed by atoms with Crippen LogP contribution in [0.5, 0.6) is 0 Å². The highest BCUT2D eigenvalue weighted by atomic mass is 32.1. The average molecular weight is 240 g/mol. The maximum atomic E-state index is 11.5. The van der Waals surface area contributed by atoms with Gasteiger partial charge in [0.2, 0.25) is 5.91 Å². The molecule has 1 aromatic rings. The zero-order chi connectivity index (χ0) is 11.5. The lowest BCUT2D eigenvalue weighted by molar-refractivity contribution is -0.124. The van der Waals surface area contributed by atoms with E-state index in [2.05, 4.69) is 20.4 Å². The summed E-state index contributed by atoms with van der Waals surface area (Å²) >= 11 is 1.63. The van der Waals surface area contributed by atoms with E-state index in [-0.39, 0.29) is 11.8 Å². The van der Waals surface area contributed by atoms with Gasteiger partial charge in [-0.2, -0.15) is 0 Å². The van der Waals surface area contributed by atoms with Crippen molar-refractivity contribution >= 4 is 17.2 Å². The molecule has 1 N–H and O–H groups in total. The zero-order valence-corrected chi connectivity index (χ0v) is 10.4. The number of amides is 1. The molecule has 0 aromatic carbocycles. The Labute approximate surface area is 98.9 Å². The molecule has 1 aliphatic rings. The van der Waals surface area contributed by atoms with Gasteiger partial charge in [0.15, 0.2) is 0 Å². The van der Waals surface area contributed by atoms with Gasteiger partial charge in [0, 0.05) is 13.6 Å². The van der Waals surface area contributed by atoms with Crippen molar-refractivity contribution in [2.45, 2.75) is 19.9 Å². The number of nitrogens with one attached hydrogen (secondary N) is 1. The molecule has 0 aliphatic carbocycles. The normalized spacial score (nSPS) is 21.2. The summed E-state index contributed by atoms with van der Waals surface area (Å²) in [6, 6.07) is 0. The van der Waals surface area contributed by atoms with Gasteiger partial charge in [0.05, 0.1) is 12.5 Å². The second-order valence-corrected chi connectivity index (χ2v) is 5.32. The van der Waals surface area contributed by atoms with Crippen molar-refractivity contribution in [1.82, 2.24) is 20.4 Å². The minimum Gasteiger partial charge on any atom is -0.359 e. The van der Waals surface area contributed by atoms with Gasteiger partial charge in [-0.25, -0.2) is 0 Å². The lowest BCUT2D eigenvalue weighted by Crippen LogP contribution is -2.30. The van der Waals surface area contributed by atoms with Crippen molar-refractivity contribution in [2.24, 2.45) is 5.92 Å². The maximum absolute atomic E-state index is 11.5. The number of aryl methyl sites for hydroxylation is 1. The standard InChI is InChI=1S/C10H16N4OS/c1-7-12-13-9(16-7)6-14-4-3-8(5-14)10(15)11-2/h8H,3-6H2,1-2H3,(H,11,15). The summed E-state index contributed by atoms with van der Waals surface area (Å²) in [5.41, 5.74) is 0. The molecule has 0 spiro atoms. The molecule has 1 aliphatic heterocycles. The number of rotatable bonds is 3. The SMILES string of the molecule is CNC(=O)C1CCN(Cc2nnc(C)s2)C1. The smallest absolute Gasteiger partial charge is 0.224 e. The van der Waals surface area contributed by atoms with Crippen LogP contribution in [0.25, 0.3) is 0 Å². The van der Waals surface area contributed by atoms with Crippen LogP contribution in [0.1, 0.15) is 16.4 Å². The fourth-order valence-corrected chi connectivity index (χ4v) is 2.74. The summed E-state index contributed by atoms with van der Waals surface area (Å²) in [5, 5.41) is 12.8. The predicted molar refractivity (Wildman–Crippen MR) is 62.1 cm³/mol. The molecule has 1 atom stereocenters. The summed E-state index contributed by atoms with van der Waals surface area (Å²) in [5.74, 6) is 0.287. The second-order valence-electron chi connectivity index (χ2n) is 4.05. The largest absolute Gasteiger partial charge is 0.359 e. The Morgan fingerprint density at radius 2 is 2.44 bits per heavy atom. The van der Waals surface area contributed by atoms with Crippen LogP contribution in [0.4, 0.5) is 0 Å². The summed E-state index contributed by atoms with van der Waals surface area (Å²) < 4.78 is 0. The Hall–Kier alpha value is -1.01. The van der Waals surface area contributed by atoms with Crippen LogP contribution in [-0.4, -0.2) is 41.1 Å². The summed E-state index contributed by atoms with van der Waals surface area (Å²) in [4.78, 5) is 13.7. The summed E-state index contributed by atoms with van der Waals surface area (Å²) in [6.07, 6.45) is 0.942. The quantitative estimate of drug-likeness (QED) is 0.831. The molecular formula is C10H16N4OS. The Morgan fingerprint density at radius 3 is 3.06 bits per heavy atom. The van der Waals surface area contributed by atoms with Crippen molar-refractivity contribution in [1.29, 1.82) is 0 Å². The van der Waals surface area contributed by atoms with Crippen molar-refractivity contribution in [3.63, 3.8) is 0 Å². The third-order valence-electron chi connectivity index (χ3n) is 2.82. The highest BCUT2D eigenvalue weighted by Crippen LogP contribution is 2.19. The highest BCUT2D eigenvalue weighted by molar-refractivity contribution is 7.11. The number of likely N-dealkylation sites (tertiary alicyclic amines) is 1.